The lowest BCUT2D eigenvalue weighted by Gasteiger charge is -2.11. The minimum Gasteiger partial charge on any atom is -0.378 e. The van der Waals surface area contributed by atoms with Gasteiger partial charge in [-0.3, -0.25) is 4.57 Å². The van der Waals surface area contributed by atoms with Gasteiger partial charge in [-0.25, -0.2) is 0 Å². The van der Waals surface area contributed by atoms with Crippen molar-refractivity contribution in [2.75, 3.05) is 11.9 Å². The van der Waals surface area contributed by atoms with E-state index >= 15 is 0 Å². The highest BCUT2D eigenvalue weighted by molar-refractivity contribution is 6.44. The van der Waals surface area contributed by atoms with Crippen LogP contribution in [0.5, 0.6) is 0 Å². The smallest absolute Gasteiger partial charge is 0.172 e. The normalized spacial score (nSPS) is 12.3. The summed E-state index contributed by atoms with van der Waals surface area (Å²) in [5.74, 6) is 0.573. The van der Waals surface area contributed by atoms with Crippen molar-refractivity contribution >= 4 is 40.8 Å². The maximum Gasteiger partial charge on any atom is 0.172 e. The maximum absolute atomic E-state index is 7.20. The van der Waals surface area contributed by atoms with Gasteiger partial charge in [0.25, 0.3) is 0 Å². The van der Waals surface area contributed by atoms with Crippen LogP contribution in [-0.4, -0.2) is 32.5 Å². The van der Waals surface area contributed by atoms with E-state index in [1.807, 2.05) is 26.1 Å². The summed E-state index contributed by atoms with van der Waals surface area (Å²) in [5, 5.41) is 19.3. The third kappa shape index (κ3) is 4.21. The van der Waals surface area contributed by atoms with E-state index in [-0.39, 0.29) is 0 Å². The first-order chi connectivity index (χ1) is 12.0. The first-order valence-electron chi connectivity index (χ1n) is 7.73. The van der Waals surface area contributed by atoms with E-state index < -0.39 is 0 Å². The molecule has 0 amide bonds. The average molecular weight is 379 g/mol. The number of hydrogen-bond acceptors (Lipinski definition) is 4. The number of nitrogens with one attached hydrogen (secondary N) is 3. The molecule has 2 aromatic heterocycles. The average Bonchev–Trinajstić information content (AvgIpc) is 3.22. The lowest BCUT2D eigenvalue weighted by atomic mass is 10.2. The summed E-state index contributed by atoms with van der Waals surface area (Å²) in [6.45, 7) is 8.38. The van der Waals surface area contributed by atoms with Gasteiger partial charge in [0.2, 0.25) is 0 Å². The van der Waals surface area contributed by atoms with E-state index in [1.54, 1.807) is 10.6 Å². The Hall–Kier alpha value is -2.31. The zero-order valence-electron chi connectivity index (χ0n) is 14.1. The van der Waals surface area contributed by atoms with E-state index in [0.717, 1.165) is 23.4 Å². The number of nitrogens with zero attached hydrogens (tertiary/aromatic N) is 3. The molecule has 0 radical (unpaired) electrons. The summed E-state index contributed by atoms with van der Waals surface area (Å²) in [4.78, 5) is 3.15. The van der Waals surface area contributed by atoms with Crippen LogP contribution >= 0.6 is 23.2 Å². The number of H-pyrrole nitrogens is 1. The summed E-state index contributed by atoms with van der Waals surface area (Å²) in [6.07, 6.45) is 9.17. The fourth-order valence-corrected chi connectivity index (χ4v) is 2.59. The quantitative estimate of drug-likeness (QED) is 0.456. The van der Waals surface area contributed by atoms with E-state index in [0.29, 0.717) is 28.1 Å². The van der Waals surface area contributed by atoms with Crippen LogP contribution in [0.1, 0.15) is 19.0 Å². The van der Waals surface area contributed by atoms with Gasteiger partial charge < -0.3 is 15.7 Å². The molecule has 0 unspecified atom stereocenters. The first kappa shape index (κ1) is 19.0. The number of rotatable bonds is 8. The molecule has 0 fully saturated rings. The lowest BCUT2D eigenvalue weighted by molar-refractivity contribution is 1.09. The van der Waals surface area contributed by atoms with Crippen molar-refractivity contribution in [3.8, 4) is 11.4 Å². The van der Waals surface area contributed by atoms with Gasteiger partial charge in [-0.15, -0.1) is 10.2 Å². The summed E-state index contributed by atoms with van der Waals surface area (Å²) in [5.41, 5.74) is 3.07. The monoisotopic (exact) mass is 378 g/mol. The van der Waals surface area contributed by atoms with Crippen molar-refractivity contribution in [1.29, 1.82) is 5.41 Å². The van der Waals surface area contributed by atoms with Crippen LogP contribution < -0.4 is 5.32 Å². The highest BCUT2D eigenvalue weighted by Crippen LogP contribution is 2.33. The number of aromatic amines is 1. The van der Waals surface area contributed by atoms with Crippen molar-refractivity contribution in [2.45, 2.75) is 20.3 Å². The highest BCUT2D eigenvalue weighted by atomic mass is 35.5. The highest BCUT2D eigenvalue weighted by Gasteiger charge is 2.18. The van der Waals surface area contributed by atoms with Gasteiger partial charge in [0, 0.05) is 24.7 Å². The number of aryl methyl sites for hydroxylation is 1. The Morgan fingerprint density at radius 1 is 1.48 bits per heavy atom. The summed E-state index contributed by atoms with van der Waals surface area (Å²) in [6, 6.07) is 0. The molecule has 2 aromatic rings. The summed E-state index contributed by atoms with van der Waals surface area (Å²) >= 11 is 12.6. The Balaban J connectivity index is 2.43. The van der Waals surface area contributed by atoms with Crippen molar-refractivity contribution in [3.05, 3.63) is 47.0 Å². The van der Waals surface area contributed by atoms with Gasteiger partial charge in [0.1, 0.15) is 6.33 Å². The molecular formula is C17H20Cl2N6. The van der Waals surface area contributed by atoms with E-state index in [2.05, 4.69) is 27.1 Å². The number of aromatic nitrogens is 4. The zero-order chi connectivity index (χ0) is 18.4. The van der Waals surface area contributed by atoms with Gasteiger partial charge in [-0.05, 0) is 19.4 Å². The van der Waals surface area contributed by atoms with Crippen molar-refractivity contribution in [3.63, 3.8) is 0 Å². The predicted molar refractivity (Wildman–Crippen MR) is 105 cm³/mol. The Labute approximate surface area is 156 Å². The lowest BCUT2D eigenvalue weighted by Crippen LogP contribution is -2.05. The molecule has 3 N–H and O–H groups in total. The fourth-order valence-electron chi connectivity index (χ4n) is 2.24. The first-order valence-corrected chi connectivity index (χ1v) is 8.49. The second-order valence-electron chi connectivity index (χ2n) is 5.23. The Bertz CT molecular complexity index is 828. The fraction of sp³-hybridized carbons (Fsp3) is 0.235. The van der Waals surface area contributed by atoms with Crippen LogP contribution in [0, 0.1) is 12.3 Å². The Kier molecular flexibility index (Phi) is 6.61. The molecule has 2 heterocycles. The molecule has 2 rings (SSSR count). The number of hydrogen-bond donors (Lipinski definition) is 3. The third-order valence-electron chi connectivity index (χ3n) is 3.50. The van der Waals surface area contributed by atoms with Gasteiger partial charge in [0.05, 0.1) is 27.0 Å². The molecule has 8 heteroatoms. The molecule has 6 nitrogen and oxygen atoms in total. The third-order valence-corrected chi connectivity index (χ3v) is 4.33. The van der Waals surface area contributed by atoms with Crippen molar-refractivity contribution < 1.29 is 0 Å². The number of anilines is 1. The van der Waals surface area contributed by atoms with Crippen LogP contribution in [-0.2, 0) is 0 Å². The zero-order valence-corrected chi connectivity index (χ0v) is 15.6. The molecule has 0 saturated carbocycles. The molecule has 132 valence electrons. The molecule has 0 bridgehead atoms. The second-order valence-corrected chi connectivity index (χ2v) is 6.02. The van der Waals surface area contributed by atoms with Crippen LogP contribution in [0.15, 0.2) is 41.3 Å². The molecule has 0 aliphatic rings. The minimum atomic E-state index is 0.327. The molecule has 0 aliphatic heterocycles. The van der Waals surface area contributed by atoms with Crippen LogP contribution in [0.25, 0.3) is 17.1 Å². The van der Waals surface area contributed by atoms with E-state index in [1.165, 1.54) is 12.5 Å². The Morgan fingerprint density at radius 3 is 2.92 bits per heavy atom. The largest absolute Gasteiger partial charge is 0.378 e. The van der Waals surface area contributed by atoms with Gasteiger partial charge >= 0.3 is 0 Å². The minimum absolute atomic E-state index is 0.327. The SMILES string of the molecule is C=C(/C(Cl)=C(Cl)\C=C/CC)n1cnnc1-c1c[nH]c(C)c1NCC=N. The summed E-state index contributed by atoms with van der Waals surface area (Å²) < 4.78 is 1.68. The molecule has 0 atom stereocenters. The topological polar surface area (TPSA) is 82.4 Å². The maximum atomic E-state index is 7.20. The molecule has 0 aromatic carbocycles. The second kappa shape index (κ2) is 8.69. The van der Waals surface area contributed by atoms with Gasteiger partial charge in [0.15, 0.2) is 5.82 Å². The molecule has 0 aliphatic carbocycles. The molecular weight excluding hydrogens is 359 g/mol. The number of halogens is 2. The molecule has 25 heavy (non-hydrogen) atoms. The predicted octanol–water partition coefficient (Wildman–Crippen LogP) is 4.77. The number of allylic oxidation sites excluding steroid dienone is 5. The van der Waals surface area contributed by atoms with Crippen LogP contribution in [0.2, 0.25) is 0 Å². The Morgan fingerprint density at radius 2 is 2.24 bits per heavy atom. The van der Waals surface area contributed by atoms with Crippen LogP contribution in [0.4, 0.5) is 5.69 Å². The van der Waals surface area contributed by atoms with Crippen molar-refractivity contribution in [1.82, 2.24) is 19.7 Å². The van der Waals surface area contributed by atoms with Gasteiger partial charge in [-0.1, -0.05) is 42.8 Å². The van der Waals surface area contributed by atoms with Crippen molar-refractivity contribution in [2.24, 2.45) is 0 Å². The van der Waals surface area contributed by atoms with Gasteiger partial charge in [-0.2, -0.15) is 0 Å². The molecule has 0 saturated heterocycles. The van der Waals surface area contributed by atoms with Crippen LogP contribution in [0.3, 0.4) is 0 Å². The van der Waals surface area contributed by atoms with E-state index in [9.17, 15) is 0 Å². The standard InChI is InChI=1S/C17H20Cl2N6/c1-4-5-6-14(18)15(19)12(3)25-10-23-24-17(25)13-9-22-11(2)16(13)21-8-7-20/h5-7,9-10,20-22H,3-4,8H2,1-2H3/b6-5-,15-14-,20-7?. The summed E-state index contributed by atoms with van der Waals surface area (Å²) in [7, 11) is 0. The van der Waals surface area contributed by atoms with E-state index in [4.69, 9.17) is 28.6 Å². The molecule has 0 spiro atoms.